The number of hydrogen-bond acceptors (Lipinski definition) is 9. The molecule has 2 saturated heterocycles. The second-order valence-corrected chi connectivity index (χ2v) is 18.8. The molecule has 0 unspecified atom stereocenters. The number of carbonyl (C=O) groups excluding carboxylic acids is 7. The number of nitrogens with zero attached hydrogens (tertiary/aromatic N) is 1. The van der Waals surface area contributed by atoms with E-state index in [2.05, 4.69) is 20.9 Å². The monoisotopic (exact) mass is 760 g/mol. The predicted molar refractivity (Wildman–Crippen MR) is 203 cm³/mol. The van der Waals surface area contributed by atoms with Crippen LogP contribution in [0.5, 0.6) is 0 Å². The number of nitrogens with one attached hydrogen (secondary N) is 4. The van der Waals surface area contributed by atoms with Gasteiger partial charge in [0.15, 0.2) is 5.78 Å². The van der Waals surface area contributed by atoms with Gasteiger partial charge in [-0.05, 0) is 74.9 Å². The van der Waals surface area contributed by atoms with Crippen LogP contribution in [0.3, 0.4) is 0 Å². The summed E-state index contributed by atoms with van der Waals surface area (Å²) in [5, 5.41) is 8.65. The van der Waals surface area contributed by atoms with E-state index in [9.17, 15) is 33.6 Å². The van der Waals surface area contributed by atoms with Crippen LogP contribution in [-0.2, 0) is 24.0 Å². The minimum absolute atomic E-state index is 0.106. The van der Waals surface area contributed by atoms with Crippen LogP contribution in [0, 0.1) is 25.2 Å². The summed E-state index contributed by atoms with van der Waals surface area (Å²) >= 11 is 3.42. The van der Waals surface area contributed by atoms with Crippen molar-refractivity contribution in [3.63, 3.8) is 0 Å². The van der Waals surface area contributed by atoms with E-state index in [0.717, 1.165) is 37.2 Å². The van der Waals surface area contributed by atoms with Crippen LogP contribution in [0.2, 0.25) is 0 Å². The average molecular weight is 761 g/mol. The van der Waals surface area contributed by atoms with Gasteiger partial charge in [-0.1, -0.05) is 53.4 Å². The van der Waals surface area contributed by atoms with Gasteiger partial charge in [0.25, 0.3) is 11.8 Å². The summed E-state index contributed by atoms with van der Waals surface area (Å²) in [6.07, 6.45) is 6.30. The van der Waals surface area contributed by atoms with Crippen molar-refractivity contribution < 1.29 is 33.6 Å². The molecule has 0 aromatic carbocycles. The number of Topliss-reactive ketones (excluding diaryl/α,β-unsaturated/α-hetero) is 2. The number of amides is 5. The van der Waals surface area contributed by atoms with E-state index in [-0.39, 0.29) is 35.9 Å². The van der Waals surface area contributed by atoms with Crippen molar-refractivity contribution in [2.75, 3.05) is 18.1 Å². The molecule has 0 radical (unpaired) electrons. The minimum atomic E-state index is -1.14. The molecule has 2 aliphatic heterocycles. The number of carbonyl (C=O) groups is 7. The molecule has 5 amide bonds. The molecule has 0 bridgehead atoms. The van der Waals surface area contributed by atoms with Crippen LogP contribution in [-0.4, -0.2) is 97.3 Å². The summed E-state index contributed by atoms with van der Waals surface area (Å²) in [6, 6.07) is -4.11. The van der Waals surface area contributed by atoms with Crippen LogP contribution >= 0.6 is 23.5 Å². The highest BCUT2D eigenvalue weighted by molar-refractivity contribution is 8.18. The van der Waals surface area contributed by atoms with Gasteiger partial charge < -0.3 is 31.6 Å². The van der Waals surface area contributed by atoms with Gasteiger partial charge in [0, 0.05) is 18.7 Å². The van der Waals surface area contributed by atoms with Gasteiger partial charge in [0.1, 0.15) is 23.8 Å². The van der Waals surface area contributed by atoms with Gasteiger partial charge in [0.2, 0.25) is 23.5 Å². The van der Waals surface area contributed by atoms with Crippen LogP contribution < -0.4 is 21.7 Å². The fourth-order valence-electron chi connectivity index (χ4n) is 7.58. The highest BCUT2D eigenvalue weighted by Crippen LogP contribution is 2.50. The van der Waals surface area contributed by atoms with Crippen molar-refractivity contribution in [2.24, 2.45) is 17.1 Å². The zero-order valence-electron chi connectivity index (χ0n) is 31.6. The van der Waals surface area contributed by atoms with E-state index in [1.54, 1.807) is 37.4 Å². The van der Waals surface area contributed by atoms with E-state index in [1.807, 2.05) is 27.7 Å². The van der Waals surface area contributed by atoms with Gasteiger partial charge in [-0.15, -0.1) is 23.5 Å². The van der Waals surface area contributed by atoms with E-state index >= 15 is 0 Å². The quantitative estimate of drug-likeness (QED) is 0.147. The molecule has 3 aliphatic rings. The lowest BCUT2D eigenvalue weighted by Crippen LogP contribution is -2.62. The number of nitrogens with two attached hydrogens (primary N) is 1. The Balaban J connectivity index is 1.65. The molecule has 4 rings (SSSR count). The number of aromatic amines is 1. The summed E-state index contributed by atoms with van der Waals surface area (Å²) in [6.45, 7) is 12.5. The highest BCUT2D eigenvalue weighted by Gasteiger charge is 2.53. The Bertz CT molecular complexity index is 1560. The molecule has 3 heterocycles. The third kappa shape index (κ3) is 9.42. The Morgan fingerprint density at radius 2 is 1.60 bits per heavy atom. The van der Waals surface area contributed by atoms with Gasteiger partial charge in [-0.2, -0.15) is 0 Å². The van der Waals surface area contributed by atoms with Gasteiger partial charge in [-0.3, -0.25) is 33.6 Å². The Morgan fingerprint density at radius 3 is 2.15 bits per heavy atom. The lowest BCUT2D eigenvalue weighted by Gasteiger charge is -2.38. The molecule has 1 aliphatic carbocycles. The number of H-pyrrole nitrogens is 1. The first-order valence-corrected chi connectivity index (χ1v) is 20.4. The molecule has 1 spiro atoms. The Morgan fingerprint density at radius 1 is 0.962 bits per heavy atom. The summed E-state index contributed by atoms with van der Waals surface area (Å²) in [4.78, 5) is 98.4. The van der Waals surface area contributed by atoms with Crippen molar-refractivity contribution in [2.45, 2.75) is 134 Å². The first-order chi connectivity index (χ1) is 24.4. The smallest absolute Gasteiger partial charge is 0.287 e. The molecule has 52 heavy (non-hydrogen) atoms. The normalized spacial score (nSPS) is 20.8. The van der Waals surface area contributed by atoms with Crippen molar-refractivity contribution in [3.8, 4) is 0 Å². The summed E-state index contributed by atoms with van der Waals surface area (Å²) in [5.41, 5.74) is 6.23. The Kier molecular flexibility index (Phi) is 13.7. The number of ketones is 2. The zero-order valence-corrected chi connectivity index (χ0v) is 33.2. The standard InChI is InChI=1S/C37H56N6O7S2/c1-8-13-24(29(45)31(38)46)40-32(47)25-18-37(51-16-12-17-52-37)19-43(25)35(50)30(36(5,6)7)42-33(48)27(23-14-10-9-11-15-23)41-34(49)28-26(22(4)44)20(2)21(3)39-28/h23-25,27,30,39H,8-19H2,1-7H3,(H2,38,46)(H,40,47)(H,41,49)(H,42,48)/t24-,25-,27-,30+/m0/s1. The van der Waals surface area contributed by atoms with Crippen LogP contribution in [0.25, 0.3) is 0 Å². The maximum atomic E-state index is 14.8. The van der Waals surface area contributed by atoms with Crippen molar-refractivity contribution in [1.82, 2.24) is 25.8 Å². The number of thioether (sulfide) groups is 2. The molecule has 288 valence electrons. The van der Waals surface area contributed by atoms with E-state index in [0.29, 0.717) is 36.9 Å². The van der Waals surface area contributed by atoms with Gasteiger partial charge >= 0.3 is 0 Å². The molecule has 6 N–H and O–H groups in total. The first-order valence-electron chi connectivity index (χ1n) is 18.4. The number of primary amides is 1. The molecular formula is C37H56N6O7S2. The lowest BCUT2D eigenvalue weighted by molar-refractivity contribution is -0.145. The fourth-order valence-corrected chi connectivity index (χ4v) is 10.9. The second-order valence-electron chi connectivity index (χ2n) is 15.6. The van der Waals surface area contributed by atoms with Crippen LogP contribution in [0.4, 0.5) is 0 Å². The van der Waals surface area contributed by atoms with Crippen molar-refractivity contribution in [3.05, 3.63) is 22.5 Å². The third-order valence-corrected chi connectivity index (χ3v) is 13.9. The highest BCUT2D eigenvalue weighted by atomic mass is 32.2. The lowest BCUT2D eigenvalue weighted by atomic mass is 9.82. The first kappa shape index (κ1) is 41.4. The summed E-state index contributed by atoms with van der Waals surface area (Å²) in [5.74, 6) is -2.80. The van der Waals surface area contributed by atoms with Crippen LogP contribution in [0.15, 0.2) is 0 Å². The predicted octanol–water partition coefficient (Wildman–Crippen LogP) is 3.55. The maximum absolute atomic E-state index is 14.8. The van der Waals surface area contributed by atoms with E-state index < -0.39 is 69.0 Å². The topological polar surface area (TPSA) is 201 Å². The fraction of sp³-hybridized carbons (Fsp3) is 0.703. The summed E-state index contributed by atoms with van der Waals surface area (Å²) < 4.78 is -0.449. The van der Waals surface area contributed by atoms with E-state index in [4.69, 9.17) is 5.73 Å². The number of likely N-dealkylation sites (tertiary alicyclic amines) is 1. The van der Waals surface area contributed by atoms with Crippen molar-refractivity contribution in [1.29, 1.82) is 0 Å². The molecular weight excluding hydrogens is 705 g/mol. The van der Waals surface area contributed by atoms with Gasteiger partial charge in [0.05, 0.1) is 15.7 Å². The number of hydrogen-bond donors (Lipinski definition) is 5. The molecule has 1 saturated carbocycles. The summed E-state index contributed by atoms with van der Waals surface area (Å²) in [7, 11) is 0. The maximum Gasteiger partial charge on any atom is 0.287 e. The van der Waals surface area contributed by atoms with Crippen LogP contribution in [0.1, 0.15) is 125 Å². The molecule has 3 fully saturated rings. The average Bonchev–Trinajstić information content (AvgIpc) is 3.61. The number of aromatic nitrogens is 1. The second kappa shape index (κ2) is 17.2. The minimum Gasteiger partial charge on any atom is -0.363 e. The number of aryl methyl sites for hydroxylation is 1. The SMILES string of the molecule is CCC[C@H](NC(=O)[C@@H]1CC2(CN1C(=O)[C@@H](NC(=O)[C@@H](NC(=O)c1[nH]c(C)c(C)c1C(C)=O)C1CCCCC1)C(C)(C)C)SCCCS2)C(=O)C(N)=O. The number of rotatable bonds is 13. The molecule has 13 nitrogen and oxygen atoms in total. The third-order valence-electron chi connectivity index (χ3n) is 10.5. The molecule has 1 aromatic rings. The Labute approximate surface area is 315 Å². The van der Waals surface area contributed by atoms with E-state index in [1.165, 1.54) is 11.8 Å². The van der Waals surface area contributed by atoms with Gasteiger partial charge in [-0.25, -0.2) is 0 Å². The Hall–Kier alpha value is -3.33. The molecule has 15 heteroatoms. The molecule has 4 atom stereocenters. The largest absolute Gasteiger partial charge is 0.363 e. The van der Waals surface area contributed by atoms with Crippen molar-refractivity contribution >= 4 is 64.6 Å². The molecule has 1 aromatic heterocycles. The zero-order chi connectivity index (χ0) is 38.5.